The molecular formula is C6H4F3NO. The Morgan fingerprint density at radius 1 is 1.36 bits per heavy atom. The molecule has 0 radical (unpaired) electrons. The maximum atomic E-state index is 11.8. The highest BCUT2D eigenvalue weighted by Crippen LogP contribution is 2.27. The Labute approximate surface area is 59.7 Å². The number of pyridine rings is 1. The first-order valence-corrected chi connectivity index (χ1v) is 2.76. The number of aromatic nitrogens is 1. The lowest BCUT2D eigenvalue weighted by Crippen LogP contribution is -2.11. The second kappa shape index (κ2) is 2.41. The monoisotopic (exact) mass is 163 g/mol. The first-order valence-electron chi connectivity index (χ1n) is 2.76. The van der Waals surface area contributed by atoms with E-state index in [0.29, 0.717) is 6.07 Å². The van der Waals surface area contributed by atoms with Crippen LogP contribution >= 0.6 is 0 Å². The summed E-state index contributed by atoms with van der Waals surface area (Å²) in [4.78, 5) is 12.5. The minimum Gasteiger partial charge on any atom is -0.329 e. The van der Waals surface area contributed by atoms with Crippen LogP contribution in [-0.2, 0) is 6.18 Å². The largest absolute Gasteiger partial charge is 0.416 e. The van der Waals surface area contributed by atoms with Crippen LogP contribution in [0.3, 0.4) is 0 Å². The molecule has 0 aliphatic rings. The van der Waals surface area contributed by atoms with Crippen LogP contribution in [0, 0.1) is 0 Å². The van der Waals surface area contributed by atoms with Gasteiger partial charge in [0.2, 0.25) is 5.56 Å². The molecule has 0 fully saturated rings. The fraction of sp³-hybridized carbons (Fsp3) is 0.167. The Morgan fingerprint density at radius 2 is 2.00 bits per heavy atom. The van der Waals surface area contributed by atoms with E-state index in [4.69, 9.17) is 0 Å². The predicted octanol–water partition coefficient (Wildman–Crippen LogP) is 1.39. The van der Waals surface area contributed by atoms with Crippen molar-refractivity contribution in [2.75, 3.05) is 0 Å². The van der Waals surface area contributed by atoms with Gasteiger partial charge >= 0.3 is 6.18 Å². The topological polar surface area (TPSA) is 32.9 Å². The van der Waals surface area contributed by atoms with Crippen LogP contribution in [0.15, 0.2) is 23.1 Å². The molecule has 1 heterocycles. The number of H-pyrrole nitrogens is 1. The van der Waals surface area contributed by atoms with Gasteiger partial charge in [0.1, 0.15) is 0 Å². The van der Waals surface area contributed by atoms with Crippen molar-refractivity contribution in [3.63, 3.8) is 0 Å². The summed E-state index contributed by atoms with van der Waals surface area (Å²) < 4.78 is 35.4. The minimum atomic E-state index is -4.44. The highest BCUT2D eigenvalue weighted by molar-refractivity contribution is 5.13. The second-order valence-corrected chi connectivity index (χ2v) is 1.94. The lowest BCUT2D eigenvalue weighted by molar-refractivity contribution is -0.137. The number of aromatic amines is 1. The highest BCUT2D eigenvalue weighted by Gasteiger charge is 2.30. The summed E-state index contributed by atoms with van der Waals surface area (Å²) in [5.41, 5.74) is -1.68. The van der Waals surface area contributed by atoms with Crippen LogP contribution in [-0.4, -0.2) is 4.98 Å². The van der Waals surface area contributed by atoms with Crippen molar-refractivity contribution in [3.05, 3.63) is 34.2 Å². The Balaban J connectivity index is 3.16. The van der Waals surface area contributed by atoms with Gasteiger partial charge in [0, 0.05) is 12.3 Å². The van der Waals surface area contributed by atoms with Gasteiger partial charge in [-0.05, 0) is 6.07 Å². The molecule has 5 heteroatoms. The fourth-order valence-corrected chi connectivity index (χ4v) is 0.621. The number of hydrogen-bond donors (Lipinski definition) is 1. The first-order chi connectivity index (χ1) is 5.00. The molecule has 1 aromatic rings. The van der Waals surface area contributed by atoms with Crippen LogP contribution in [0.25, 0.3) is 0 Å². The number of rotatable bonds is 0. The van der Waals surface area contributed by atoms with Crippen LogP contribution in [0.5, 0.6) is 0 Å². The van der Waals surface area contributed by atoms with E-state index in [9.17, 15) is 18.0 Å². The molecule has 2 nitrogen and oxygen atoms in total. The third kappa shape index (κ3) is 1.83. The second-order valence-electron chi connectivity index (χ2n) is 1.94. The molecule has 0 amide bonds. The van der Waals surface area contributed by atoms with Gasteiger partial charge in [-0.15, -0.1) is 0 Å². The Bertz CT molecular complexity index is 301. The van der Waals surface area contributed by atoms with Gasteiger partial charge in [-0.25, -0.2) is 0 Å². The van der Waals surface area contributed by atoms with Crippen molar-refractivity contribution in [2.45, 2.75) is 6.18 Å². The molecule has 60 valence electrons. The third-order valence-corrected chi connectivity index (χ3v) is 1.10. The lowest BCUT2D eigenvalue weighted by Gasteiger charge is -2.03. The Kier molecular flexibility index (Phi) is 1.72. The molecule has 0 spiro atoms. The van der Waals surface area contributed by atoms with Gasteiger partial charge in [0.05, 0.1) is 5.56 Å². The molecular weight excluding hydrogens is 159 g/mol. The van der Waals surface area contributed by atoms with E-state index >= 15 is 0 Å². The summed E-state index contributed by atoms with van der Waals surface area (Å²) in [6.07, 6.45) is -3.47. The molecule has 1 rings (SSSR count). The zero-order valence-electron chi connectivity index (χ0n) is 5.27. The summed E-state index contributed by atoms with van der Waals surface area (Å²) in [6.45, 7) is 0. The van der Waals surface area contributed by atoms with Crippen molar-refractivity contribution < 1.29 is 13.2 Å². The van der Waals surface area contributed by atoms with Crippen molar-refractivity contribution in [3.8, 4) is 0 Å². The average molecular weight is 163 g/mol. The summed E-state index contributed by atoms with van der Waals surface area (Å²) in [5, 5.41) is 0. The van der Waals surface area contributed by atoms with Crippen LogP contribution in [0.4, 0.5) is 13.2 Å². The molecule has 0 aromatic carbocycles. The van der Waals surface area contributed by atoms with E-state index in [1.165, 1.54) is 0 Å². The van der Waals surface area contributed by atoms with Crippen molar-refractivity contribution in [1.82, 2.24) is 4.98 Å². The molecule has 0 aliphatic carbocycles. The molecule has 0 unspecified atom stereocenters. The fourth-order valence-electron chi connectivity index (χ4n) is 0.621. The minimum absolute atomic E-state index is 0.514. The van der Waals surface area contributed by atoms with Gasteiger partial charge in [0.15, 0.2) is 0 Å². The molecule has 0 bridgehead atoms. The first kappa shape index (κ1) is 7.84. The van der Waals surface area contributed by atoms with E-state index in [-0.39, 0.29) is 0 Å². The van der Waals surface area contributed by atoms with E-state index in [1.54, 1.807) is 0 Å². The molecule has 0 saturated heterocycles. The van der Waals surface area contributed by atoms with Gasteiger partial charge in [-0.3, -0.25) is 4.79 Å². The van der Waals surface area contributed by atoms with Crippen molar-refractivity contribution in [2.24, 2.45) is 0 Å². The zero-order valence-corrected chi connectivity index (χ0v) is 5.27. The average Bonchev–Trinajstić information content (AvgIpc) is 1.86. The molecule has 0 atom stereocenters. The van der Waals surface area contributed by atoms with Gasteiger partial charge in [0.25, 0.3) is 0 Å². The number of hydrogen-bond acceptors (Lipinski definition) is 1. The highest BCUT2D eigenvalue weighted by atomic mass is 19.4. The van der Waals surface area contributed by atoms with E-state index in [1.807, 2.05) is 0 Å². The lowest BCUT2D eigenvalue weighted by atomic mass is 10.3. The van der Waals surface area contributed by atoms with E-state index < -0.39 is 17.3 Å². The molecule has 0 aliphatic heterocycles. The standard InChI is InChI=1S/C6H4F3NO/c7-6(8,9)4-1-2-10-5(11)3-4/h1-3H,(H,10,11). The van der Waals surface area contributed by atoms with Crippen LogP contribution < -0.4 is 5.56 Å². The van der Waals surface area contributed by atoms with Gasteiger partial charge in [-0.2, -0.15) is 13.2 Å². The third-order valence-electron chi connectivity index (χ3n) is 1.10. The van der Waals surface area contributed by atoms with E-state index in [0.717, 1.165) is 12.3 Å². The normalized spacial score (nSPS) is 11.5. The maximum Gasteiger partial charge on any atom is 0.416 e. The quantitative estimate of drug-likeness (QED) is 0.615. The molecule has 1 aromatic heterocycles. The smallest absolute Gasteiger partial charge is 0.329 e. The van der Waals surface area contributed by atoms with Crippen LogP contribution in [0.1, 0.15) is 5.56 Å². The molecule has 0 saturated carbocycles. The van der Waals surface area contributed by atoms with Crippen LogP contribution in [0.2, 0.25) is 0 Å². The van der Waals surface area contributed by atoms with Crippen molar-refractivity contribution in [1.29, 1.82) is 0 Å². The summed E-state index contributed by atoms with van der Waals surface area (Å²) >= 11 is 0. The number of alkyl halides is 3. The van der Waals surface area contributed by atoms with E-state index in [2.05, 4.69) is 4.98 Å². The molecule has 11 heavy (non-hydrogen) atoms. The maximum absolute atomic E-state index is 11.8. The Morgan fingerprint density at radius 3 is 2.36 bits per heavy atom. The van der Waals surface area contributed by atoms with Crippen molar-refractivity contribution >= 4 is 0 Å². The molecule has 1 N–H and O–H groups in total. The Hall–Kier alpha value is -1.26. The number of halogens is 3. The summed E-state index contributed by atoms with van der Waals surface area (Å²) in [5.74, 6) is 0. The van der Waals surface area contributed by atoms with Gasteiger partial charge < -0.3 is 4.98 Å². The SMILES string of the molecule is O=c1cc(C(F)(F)F)cc[nH]1. The summed E-state index contributed by atoms with van der Waals surface area (Å²) in [7, 11) is 0. The predicted molar refractivity (Wildman–Crippen MR) is 32.1 cm³/mol. The zero-order chi connectivity index (χ0) is 8.48. The van der Waals surface area contributed by atoms with Gasteiger partial charge in [-0.1, -0.05) is 0 Å². The number of nitrogens with one attached hydrogen (secondary N) is 1. The summed E-state index contributed by atoms with van der Waals surface area (Å²) in [6, 6.07) is 1.32.